The molecular formula is C23H32O2. The third-order valence-corrected chi connectivity index (χ3v) is 5.07. The summed E-state index contributed by atoms with van der Waals surface area (Å²) in [6, 6.07) is 11.6. The third-order valence-electron chi connectivity index (χ3n) is 5.07. The first-order valence-corrected chi connectivity index (χ1v) is 8.92. The summed E-state index contributed by atoms with van der Waals surface area (Å²) in [5.74, 6) is 0.525. The Morgan fingerprint density at radius 1 is 0.560 bits per heavy atom. The predicted molar refractivity (Wildman–Crippen MR) is 106 cm³/mol. The lowest BCUT2D eigenvalue weighted by Gasteiger charge is -2.31. The summed E-state index contributed by atoms with van der Waals surface area (Å²) in [6.07, 6.45) is 0. The van der Waals surface area contributed by atoms with Crippen LogP contribution in [0, 0.1) is 0 Å². The van der Waals surface area contributed by atoms with Crippen molar-refractivity contribution in [3.8, 4) is 11.5 Å². The van der Waals surface area contributed by atoms with Gasteiger partial charge in [-0.2, -0.15) is 0 Å². The molecule has 2 nitrogen and oxygen atoms in total. The van der Waals surface area contributed by atoms with Crippen LogP contribution >= 0.6 is 0 Å². The lowest BCUT2D eigenvalue weighted by molar-refractivity contribution is 0.433. The lowest BCUT2D eigenvalue weighted by Crippen LogP contribution is -2.22. The van der Waals surface area contributed by atoms with Gasteiger partial charge in [-0.1, -0.05) is 79.7 Å². The second-order valence-corrected chi connectivity index (χ2v) is 9.59. The van der Waals surface area contributed by atoms with Crippen LogP contribution in [0.2, 0.25) is 0 Å². The average Bonchev–Trinajstić information content (AvgIpc) is 2.45. The van der Waals surface area contributed by atoms with E-state index in [4.69, 9.17) is 0 Å². The van der Waals surface area contributed by atoms with Gasteiger partial charge >= 0.3 is 0 Å². The minimum absolute atomic E-state index is 0.00612. The molecular weight excluding hydrogens is 308 g/mol. The number of hydrogen-bond donors (Lipinski definition) is 2. The van der Waals surface area contributed by atoms with E-state index in [1.165, 1.54) is 11.1 Å². The summed E-state index contributed by atoms with van der Waals surface area (Å²) >= 11 is 0. The van der Waals surface area contributed by atoms with Gasteiger partial charge in [0.15, 0.2) is 0 Å². The zero-order valence-electron chi connectivity index (χ0n) is 16.9. The van der Waals surface area contributed by atoms with Crippen molar-refractivity contribution in [2.45, 2.75) is 71.6 Å². The number of rotatable bonds is 2. The second kappa shape index (κ2) is 6.09. The van der Waals surface area contributed by atoms with Crippen LogP contribution in [0.25, 0.3) is 0 Å². The molecule has 0 aliphatic rings. The Bertz CT molecular complexity index is 706. The Balaban J connectivity index is 2.67. The van der Waals surface area contributed by atoms with Gasteiger partial charge in [-0.15, -0.1) is 0 Å². The van der Waals surface area contributed by atoms with Crippen molar-refractivity contribution in [2.75, 3.05) is 0 Å². The molecule has 2 heteroatoms. The molecule has 2 N–H and O–H groups in total. The SMILES string of the molecule is CC(C)(C)c1ccc(O)c(C(C)(C)c2cc(C(C)(C)C)ccc2O)c1. The number of phenolic OH excluding ortho intramolecular Hbond substituents is 2. The van der Waals surface area contributed by atoms with Crippen LogP contribution < -0.4 is 0 Å². The van der Waals surface area contributed by atoms with Gasteiger partial charge in [0, 0.05) is 16.5 Å². The third kappa shape index (κ3) is 3.84. The number of benzene rings is 2. The summed E-state index contributed by atoms with van der Waals surface area (Å²) in [5, 5.41) is 21.1. The Kier molecular flexibility index (Phi) is 4.71. The highest BCUT2D eigenvalue weighted by atomic mass is 16.3. The van der Waals surface area contributed by atoms with Gasteiger partial charge < -0.3 is 10.2 Å². The van der Waals surface area contributed by atoms with Crippen molar-refractivity contribution in [1.29, 1.82) is 0 Å². The Hall–Kier alpha value is -1.96. The van der Waals surface area contributed by atoms with Gasteiger partial charge in [-0.25, -0.2) is 0 Å². The summed E-state index contributed by atoms with van der Waals surface area (Å²) in [7, 11) is 0. The maximum Gasteiger partial charge on any atom is 0.119 e. The zero-order chi connectivity index (χ0) is 19.2. The predicted octanol–water partition coefficient (Wildman–Crippen LogP) is 6.02. The Morgan fingerprint density at radius 2 is 0.880 bits per heavy atom. The molecule has 0 radical (unpaired) electrons. The number of phenols is 2. The average molecular weight is 341 g/mol. The van der Waals surface area contributed by atoms with E-state index in [1.54, 1.807) is 12.1 Å². The molecule has 0 unspecified atom stereocenters. The Morgan fingerprint density at radius 3 is 1.16 bits per heavy atom. The van der Waals surface area contributed by atoms with E-state index in [9.17, 15) is 10.2 Å². The molecule has 0 aromatic heterocycles. The quantitative estimate of drug-likeness (QED) is 0.702. The zero-order valence-corrected chi connectivity index (χ0v) is 16.9. The highest BCUT2D eigenvalue weighted by Gasteiger charge is 2.31. The molecule has 0 heterocycles. The Labute approximate surface area is 152 Å². The van der Waals surface area contributed by atoms with Crippen LogP contribution in [0.15, 0.2) is 36.4 Å². The van der Waals surface area contributed by atoms with Crippen LogP contribution in [0.4, 0.5) is 0 Å². The fourth-order valence-electron chi connectivity index (χ4n) is 3.15. The van der Waals surface area contributed by atoms with Crippen LogP contribution in [-0.2, 0) is 16.2 Å². The van der Waals surface area contributed by atoms with Crippen molar-refractivity contribution in [3.05, 3.63) is 58.7 Å². The topological polar surface area (TPSA) is 40.5 Å². The van der Waals surface area contributed by atoms with Crippen molar-refractivity contribution in [1.82, 2.24) is 0 Å². The molecule has 0 saturated carbocycles. The van der Waals surface area contributed by atoms with Crippen LogP contribution in [-0.4, -0.2) is 10.2 Å². The normalized spacial score (nSPS) is 13.1. The first kappa shape index (κ1) is 19.4. The fraction of sp³-hybridized carbons (Fsp3) is 0.478. The highest BCUT2D eigenvalue weighted by molar-refractivity contribution is 5.53. The minimum Gasteiger partial charge on any atom is -0.508 e. The molecule has 0 saturated heterocycles. The summed E-state index contributed by atoms with van der Waals surface area (Å²) < 4.78 is 0. The van der Waals surface area contributed by atoms with Crippen LogP contribution in [0.1, 0.15) is 77.6 Å². The van der Waals surface area contributed by atoms with E-state index in [0.717, 1.165) is 11.1 Å². The number of aromatic hydroxyl groups is 2. The van der Waals surface area contributed by atoms with Gasteiger partial charge in [0.2, 0.25) is 0 Å². The van der Waals surface area contributed by atoms with Crippen molar-refractivity contribution in [2.24, 2.45) is 0 Å². The second-order valence-electron chi connectivity index (χ2n) is 9.59. The van der Waals surface area contributed by atoms with E-state index in [0.29, 0.717) is 0 Å². The van der Waals surface area contributed by atoms with Gasteiger partial charge in [0.05, 0.1) is 0 Å². The molecule has 2 aromatic carbocycles. The molecule has 0 fully saturated rings. The molecule has 0 atom stereocenters. The first-order chi connectivity index (χ1) is 11.2. The van der Waals surface area contributed by atoms with E-state index in [2.05, 4.69) is 67.5 Å². The molecule has 0 amide bonds. The number of hydrogen-bond acceptors (Lipinski definition) is 2. The van der Waals surface area contributed by atoms with E-state index >= 15 is 0 Å². The summed E-state index contributed by atoms with van der Waals surface area (Å²) in [6.45, 7) is 17.1. The lowest BCUT2D eigenvalue weighted by atomic mass is 9.73. The smallest absolute Gasteiger partial charge is 0.119 e. The minimum atomic E-state index is -0.517. The maximum atomic E-state index is 10.5. The molecule has 2 aromatic rings. The molecule has 2 rings (SSSR count). The van der Waals surface area contributed by atoms with Crippen molar-refractivity contribution in [3.63, 3.8) is 0 Å². The molecule has 0 bridgehead atoms. The van der Waals surface area contributed by atoms with Crippen LogP contribution in [0.3, 0.4) is 0 Å². The summed E-state index contributed by atoms with van der Waals surface area (Å²) in [5.41, 5.74) is 3.47. The molecule has 0 aliphatic heterocycles. The maximum absolute atomic E-state index is 10.5. The summed E-state index contributed by atoms with van der Waals surface area (Å²) in [4.78, 5) is 0. The van der Waals surface area contributed by atoms with Crippen LogP contribution in [0.5, 0.6) is 11.5 Å². The molecule has 25 heavy (non-hydrogen) atoms. The van der Waals surface area contributed by atoms with Gasteiger partial charge in [-0.3, -0.25) is 0 Å². The van der Waals surface area contributed by atoms with Crippen molar-refractivity contribution >= 4 is 0 Å². The molecule has 136 valence electrons. The first-order valence-electron chi connectivity index (χ1n) is 8.92. The molecule has 0 aliphatic carbocycles. The largest absolute Gasteiger partial charge is 0.508 e. The highest BCUT2D eigenvalue weighted by Crippen LogP contribution is 2.43. The standard InChI is InChI=1S/C23H32O2/c1-21(2,3)15-9-11-19(24)17(13-15)23(7,8)18-14-16(22(4,5)6)10-12-20(18)25/h9-14,24-25H,1-8H3. The van der Waals surface area contributed by atoms with Gasteiger partial charge in [0.1, 0.15) is 11.5 Å². The van der Waals surface area contributed by atoms with Gasteiger partial charge in [-0.05, 0) is 34.1 Å². The fourth-order valence-corrected chi connectivity index (χ4v) is 3.15. The van der Waals surface area contributed by atoms with E-state index < -0.39 is 5.41 Å². The van der Waals surface area contributed by atoms with E-state index in [1.807, 2.05) is 12.1 Å². The monoisotopic (exact) mass is 340 g/mol. The molecule has 0 spiro atoms. The van der Waals surface area contributed by atoms with E-state index in [-0.39, 0.29) is 22.3 Å². The van der Waals surface area contributed by atoms with Crippen molar-refractivity contribution < 1.29 is 10.2 Å². The van der Waals surface area contributed by atoms with Gasteiger partial charge in [0.25, 0.3) is 0 Å².